The van der Waals surface area contributed by atoms with E-state index in [0.717, 1.165) is 35.0 Å². The van der Waals surface area contributed by atoms with Crippen LogP contribution < -0.4 is 10.2 Å². The number of piperazine rings is 1. The number of anilines is 1. The summed E-state index contributed by atoms with van der Waals surface area (Å²) in [4.78, 5) is 48.0. The second-order valence-electron chi connectivity index (χ2n) is 8.91. The van der Waals surface area contributed by atoms with E-state index in [9.17, 15) is 36.0 Å². The number of likely N-dealkylation sites (N-methyl/N-ethyl adjacent to an activating group) is 1. The van der Waals surface area contributed by atoms with Crippen molar-refractivity contribution >= 4 is 33.4 Å². The molecule has 0 saturated carbocycles. The third-order valence-corrected chi connectivity index (χ3v) is 7.80. The fraction of sp³-hybridized carbons (Fsp3) is 0.391. The van der Waals surface area contributed by atoms with Gasteiger partial charge in [-0.25, -0.2) is 18.1 Å². The van der Waals surface area contributed by atoms with Crippen LogP contribution >= 0.6 is 0 Å². The molecule has 2 aliphatic heterocycles. The zero-order chi connectivity index (χ0) is 27.7. The molecule has 1 aromatic heterocycles. The van der Waals surface area contributed by atoms with E-state index in [1.54, 1.807) is 12.1 Å². The summed E-state index contributed by atoms with van der Waals surface area (Å²) in [5.74, 6) is -1.06. The van der Waals surface area contributed by atoms with Gasteiger partial charge in [0.2, 0.25) is 5.91 Å². The number of nitrogens with one attached hydrogen (secondary N) is 1. The predicted octanol–water partition coefficient (Wildman–Crippen LogP) is 1.21. The maximum Gasteiger partial charge on any atom is 0.501 e. The number of urea groups is 1. The molecule has 4 rings (SSSR count). The first-order valence-electron chi connectivity index (χ1n) is 11.5. The second kappa shape index (κ2) is 10.7. The standard InChI is InChI=1S/C23H25F3N6O5S/c1-29-10-12-30(13-11-29)14-19(33)28-21(16-6-8-27-9-7-16)31-15-20(34)32(22(31)35)17-2-4-18(5-3-17)38(36,37)23(24,25)26/h2-9,21H,10-15H2,1H3,(H,28,33). The van der Waals surface area contributed by atoms with Crippen molar-refractivity contribution in [3.8, 4) is 0 Å². The summed E-state index contributed by atoms with van der Waals surface area (Å²) < 4.78 is 61.9. The fourth-order valence-corrected chi connectivity index (χ4v) is 4.94. The number of halogens is 3. The largest absolute Gasteiger partial charge is 0.501 e. The van der Waals surface area contributed by atoms with Crippen molar-refractivity contribution in [3.05, 3.63) is 54.4 Å². The molecule has 0 radical (unpaired) electrons. The molecule has 38 heavy (non-hydrogen) atoms. The molecule has 2 fully saturated rings. The van der Waals surface area contributed by atoms with Crippen molar-refractivity contribution in [2.24, 2.45) is 0 Å². The van der Waals surface area contributed by atoms with Gasteiger partial charge in [-0.1, -0.05) is 0 Å². The highest BCUT2D eigenvalue weighted by Crippen LogP contribution is 2.33. The van der Waals surface area contributed by atoms with Gasteiger partial charge in [-0.05, 0) is 49.0 Å². The molecule has 2 saturated heterocycles. The predicted molar refractivity (Wildman–Crippen MR) is 128 cm³/mol. The molecule has 1 unspecified atom stereocenters. The van der Waals surface area contributed by atoms with Gasteiger partial charge in [0.25, 0.3) is 15.7 Å². The minimum Gasteiger partial charge on any atom is -0.331 e. The maximum atomic E-state index is 13.3. The average Bonchev–Trinajstić information content (AvgIpc) is 3.17. The van der Waals surface area contributed by atoms with Gasteiger partial charge in [-0.3, -0.25) is 24.4 Å². The Morgan fingerprint density at radius 1 is 1.03 bits per heavy atom. The van der Waals surface area contributed by atoms with E-state index in [2.05, 4.69) is 15.2 Å². The Labute approximate surface area is 216 Å². The van der Waals surface area contributed by atoms with E-state index in [-0.39, 0.29) is 18.1 Å². The van der Waals surface area contributed by atoms with Crippen LogP contribution in [0.15, 0.2) is 53.7 Å². The van der Waals surface area contributed by atoms with Crippen molar-refractivity contribution in [1.82, 2.24) is 25.0 Å². The minimum absolute atomic E-state index is 0.0876. The molecular formula is C23H25F3N6O5S. The first-order chi connectivity index (χ1) is 17.9. The number of amides is 4. The molecule has 1 atom stereocenters. The Morgan fingerprint density at radius 2 is 1.63 bits per heavy atom. The molecule has 3 heterocycles. The van der Waals surface area contributed by atoms with Crippen molar-refractivity contribution < 1.29 is 36.0 Å². The van der Waals surface area contributed by atoms with Crippen LogP contribution in [0.25, 0.3) is 0 Å². The lowest BCUT2D eigenvalue weighted by molar-refractivity contribution is -0.125. The van der Waals surface area contributed by atoms with Crippen molar-refractivity contribution in [2.45, 2.75) is 16.6 Å². The number of rotatable bonds is 7. The molecule has 0 aliphatic carbocycles. The second-order valence-corrected chi connectivity index (χ2v) is 10.9. The third-order valence-electron chi connectivity index (χ3n) is 6.30. The summed E-state index contributed by atoms with van der Waals surface area (Å²) >= 11 is 0. The van der Waals surface area contributed by atoms with Crippen molar-refractivity contribution in [3.63, 3.8) is 0 Å². The zero-order valence-electron chi connectivity index (χ0n) is 20.3. The smallest absolute Gasteiger partial charge is 0.331 e. The van der Waals surface area contributed by atoms with E-state index in [4.69, 9.17) is 0 Å². The number of nitrogens with zero attached hydrogens (tertiary/aromatic N) is 5. The van der Waals surface area contributed by atoms with Crippen LogP contribution in [0.2, 0.25) is 0 Å². The number of imide groups is 1. The van der Waals surface area contributed by atoms with E-state index in [0.29, 0.717) is 30.8 Å². The molecule has 1 N–H and O–H groups in total. The molecule has 204 valence electrons. The topological polar surface area (TPSA) is 123 Å². The summed E-state index contributed by atoms with van der Waals surface area (Å²) in [7, 11) is -3.60. The van der Waals surface area contributed by atoms with Gasteiger partial charge in [0.1, 0.15) is 12.7 Å². The normalized spacial score (nSPS) is 18.6. The number of hydrogen-bond donors (Lipinski definition) is 1. The van der Waals surface area contributed by atoms with Crippen molar-refractivity contribution in [2.75, 3.05) is 51.2 Å². The molecular weight excluding hydrogens is 529 g/mol. The molecule has 2 aliphatic rings. The van der Waals surface area contributed by atoms with Gasteiger partial charge in [0.05, 0.1) is 17.1 Å². The van der Waals surface area contributed by atoms with Crippen LogP contribution in [0.4, 0.5) is 23.7 Å². The van der Waals surface area contributed by atoms with Gasteiger partial charge in [0, 0.05) is 38.6 Å². The van der Waals surface area contributed by atoms with Crippen LogP contribution in [-0.4, -0.2) is 97.8 Å². The van der Waals surface area contributed by atoms with Gasteiger partial charge in [0.15, 0.2) is 0 Å². The lowest BCUT2D eigenvalue weighted by Gasteiger charge is -2.33. The Morgan fingerprint density at radius 3 is 2.21 bits per heavy atom. The summed E-state index contributed by atoms with van der Waals surface area (Å²) in [6, 6.07) is 5.59. The minimum atomic E-state index is -5.59. The molecule has 1 aromatic carbocycles. The Kier molecular flexibility index (Phi) is 7.71. The molecule has 4 amide bonds. The highest BCUT2D eigenvalue weighted by Gasteiger charge is 2.47. The third kappa shape index (κ3) is 5.63. The molecule has 15 heteroatoms. The maximum absolute atomic E-state index is 13.3. The van der Waals surface area contributed by atoms with Crippen LogP contribution in [0.1, 0.15) is 11.7 Å². The van der Waals surface area contributed by atoms with Crippen LogP contribution in [-0.2, 0) is 19.4 Å². The summed E-state index contributed by atoms with van der Waals surface area (Å²) in [6.45, 7) is 2.65. The molecule has 0 spiro atoms. The quantitative estimate of drug-likeness (QED) is 0.507. The van der Waals surface area contributed by atoms with Crippen LogP contribution in [0, 0.1) is 0 Å². The van der Waals surface area contributed by atoms with Crippen LogP contribution in [0.5, 0.6) is 0 Å². The number of carbonyl (C=O) groups is 3. The molecule has 0 bridgehead atoms. The van der Waals surface area contributed by atoms with E-state index in [1.165, 1.54) is 12.4 Å². The van der Waals surface area contributed by atoms with Crippen LogP contribution in [0.3, 0.4) is 0 Å². The van der Waals surface area contributed by atoms with Crippen molar-refractivity contribution in [1.29, 1.82) is 0 Å². The highest BCUT2D eigenvalue weighted by molar-refractivity contribution is 7.92. The first-order valence-corrected chi connectivity index (χ1v) is 13.0. The summed E-state index contributed by atoms with van der Waals surface area (Å²) in [5.41, 5.74) is -5.12. The summed E-state index contributed by atoms with van der Waals surface area (Å²) in [5, 5.41) is 2.80. The zero-order valence-corrected chi connectivity index (χ0v) is 21.1. The fourth-order valence-electron chi connectivity index (χ4n) is 4.18. The monoisotopic (exact) mass is 554 g/mol. The number of alkyl halides is 3. The Bertz CT molecular complexity index is 1300. The van der Waals surface area contributed by atoms with Gasteiger partial charge in [-0.2, -0.15) is 13.2 Å². The van der Waals surface area contributed by atoms with Gasteiger partial charge in [-0.15, -0.1) is 0 Å². The number of carbonyl (C=O) groups excluding carboxylic acids is 3. The lowest BCUT2D eigenvalue weighted by atomic mass is 10.2. The van der Waals surface area contributed by atoms with Gasteiger partial charge < -0.3 is 10.2 Å². The molecule has 2 aromatic rings. The number of pyridine rings is 1. The highest BCUT2D eigenvalue weighted by atomic mass is 32.2. The van der Waals surface area contributed by atoms with Gasteiger partial charge >= 0.3 is 11.5 Å². The summed E-state index contributed by atoms with van der Waals surface area (Å²) in [6.07, 6.45) is 1.91. The Balaban J connectivity index is 1.55. The number of aromatic nitrogens is 1. The van der Waals surface area contributed by atoms with E-state index >= 15 is 0 Å². The molecule has 11 nitrogen and oxygen atoms in total. The first kappa shape index (κ1) is 27.5. The van der Waals surface area contributed by atoms with E-state index in [1.807, 2.05) is 11.9 Å². The van der Waals surface area contributed by atoms with E-state index < -0.39 is 44.9 Å². The number of sulfone groups is 1. The average molecular weight is 555 g/mol. The lowest BCUT2D eigenvalue weighted by Crippen LogP contribution is -2.50. The SMILES string of the molecule is CN1CCN(CC(=O)NC(c2ccncc2)N2CC(=O)N(c3ccc(S(=O)(=O)C(F)(F)F)cc3)C2=O)CC1. The number of hydrogen-bond acceptors (Lipinski definition) is 8. The Hall–Kier alpha value is -3.56. The number of benzene rings is 1.